The third kappa shape index (κ3) is 5.91. The first-order chi connectivity index (χ1) is 13.6. The third-order valence-corrected chi connectivity index (χ3v) is 7.63. The minimum atomic E-state index is -3.14. The molecule has 0 spiro atoms. The van der Waals surface area contributed by atoms with Gasteiger partial charge in [0.05, 0.1) is 16.5 Å². The third-order valence-electron chi connectivity index (χ3n) is 5.04. The van der Waals surface area contributed by atoms with Gasteiger partial charge in [-0.25, -0.2) is 8.42 Å². The number of carbonyl (C=O) groups excluding carboxylic acids is 1. The predicted molar refractivity (Wildman–Crippen MR) is 117 cm³/mol. The number of nitrogens with zero attached hydrogens (tertiary/aromatic N) is 1. The summed E-state index contributed by atoms with van der Waals surface area (Å²) in [5, 5.41) is 1.54. The van der Waals surface area contributed by atoms with Crippen molar-refractivity contribution in [1.82, 2.24) is 4.90 Å². The van der Waals surface area contributed by atoms with Gasteiger partial charge in [-0.1, -0.05) is 46.5 Å². The topological polar surface area (TPSA) is 63.7 Å². The molecule has 1 fully saturated rings. The Morgan fingerprint density at radius 1 is 1.24 bits per heavy atom. The standard InChI is InChI=1S/C20H22Cl3NO4S/c1-13(28-19-7-6-16(22)10-18(19)23)20(25)24(17-8-9-29(26,27)12-17)11-14-2-4-15(21)5-3-14/h2,4,6-7,10,13,17H,3,5,8-9,11-12H2,1H3/t13-,17-/m0/s1. The predicted octanol–water partition coefficient (Wildman–Crippen LogP) is 4.62. The Kier molecular flexibility index (Phi) is 7.20. The average molecular weight is 479 g/mol. The summed E-state index contributed by atoms with van der Waals surface area (Å²) in [6.07, 6.45) is 4.76. The van der Waals surface area contributed by atoms with Crippen LogP contribution in [0.4, 0.5) is 0 Å². The Morgan fingerprint density at radius 3 is 2.59 bits per heavy atom. The highest BCUT2D eigenvalue weighted by Gasteiger charge is 2.37. The summed E-state index contributed by atoms with van der Waals surface area (Å²) in [5.41, 5.74) is 1.03. The molecule has 1 saturated heterocycles. The normalized spacial score (nSPS) is 21.9. The minimum absolute atomic E-state index is 0.0307. The van der Waals surface area contributed by atoms with E-state index in [0.29, 0.717) is 35.2 Å². The molecule has 2 aliphatic rings. The van der Waals surface area contributed by atoms with Crippen LogP contribution < -0.4 is 4.74 Å². The van der Waals surface area contributed by atoms with Gasteiger partial charge in [-0.15, -0.1) is 0 Å². The van der Waals surface area contributed by atoms with Crippen molar-refractivity contribution >= 4 is 50.5 Å². The van der Waals surface area contributed by atoms with E-state index < -0.39 is 15.9 Å². The van der Waals surface area contributed by atoms with Crippen LogP contribution in [-0.4, -0.2) is 49.4 Å². The van der Waals surface area contributed by atoms with Crippen LogP contribution >= 0.6 is 34.8 Å². The maximum atomic E-state index is 13.2. The van der Waals surface area contributed by atoms with E-state index in [1.54, 1.807) is 30.0 Å². The van der Waals surface area contributed by atoms with Crippen molar-refractivity contribution in [1.29, 1.82) is 0 Å². The minimum Gasteiger partial charge on any atom is -0.479 e. The molecule has 0 N–H and O–H groups in total. The average Bonchev–Trinajstić information content (AvgIpc) is 3.02. The molecule has 1 aliphatic carbocycles. The van der Waals surface area contributed by atoms with Crippen molar-refractivity contribution < 1.29 is 17.9 Å². The van der Waals surface area contributed by atoms with E-state index in [2.05, 4.69) is 0 Å². The van der Waals surface area contributed by atoms with E-state index in [0.717, 1.165) is 17.0 Å². The Balaban J connectivity index is 1.79. The lowest BCUT2D eigenvalue weighted by molar-refractivity contribution is -0.139. The molecule has 9 heteroatoms. The number of ether oxygens (including phenoxy) is 1. The van der Waals surface area contributed by atoms with Gasteiger partial charge in [-0.05, 0) is 50.5 Å². The van der Waals surface area contributed by atoms with Crippen LogP contribution in [0.5, 0.6) is 5.75 Å². The Hall–Kier alpha value is -1.21. The molecular weight excluding hydrogens is 457 g/mol. The molecule has 0 radical (unpaired) electrons. The SMILES string of the molecule is C[C@H](Oc1ccc(Cl)cc1Cl)C(=O)N(CC1=CC=C(Cl)CC1)[C@H]1CCS(=O)(=O)C1. The number of benzene rings is 1. The van der Waals surface area contributed by atoms with Gasteiger partial charge in [0, 0.05) is 22.6 Å². The summed E-state index contributed by atoms with van der Waals surface area (Å²) >= 11 is 18.1. The monoisotopic (exact) mass is 477 g/mol. The lowest BCUT2D eigenvalue weighted by Gasteiger charge is -2.32. The maximum Gasteiger partial charge on any atom is 0.263 e. The van der Waals surface area contributed by atoms with E-state index in [9.17, 15) is 13.2 Å². The van der Waals surface area contributed by atoms with Gasteiger partial charge in [-0.3, -0.25) is 4.79 Å². The van der Waals surface area contributed by atoms with Gasteiger partial charge >= 0.3 is 0 Å². The Morgan fingerprint density at radius 2 is 2.00 bits per heavy atom. The van der Waals surface area contributed by atoms with Crippen LogP contribution in [0.2, 0.25) is 10.0 Å². The van der Waals surface area contributed by atoms with Crippen LogP contribution in [0.25, 0.3) is 0 Å². The van der Waals surface area contributed by atoms with Gasteiger partial charge in [0.1, 0.15) is 5.75 Å². The molecule has 0 bridgehead atoms. The molecule has 0 aromatic heterocycles. The molecule has 1 aliphatic heterocycles. The molecule has 5 nitrogen and oxygen atoms in total. The molecule has 158 valence electrons. The van der Waals surface area contributed by atoms with E-state index in [1.165, 1.54) is 0 Å². The van der Waals surface area contributed by atoms with Gasteiger partial charge in [0.2, 0.25) is 0 Å². The highest BCUT2D eigenvalue weighted by atomic mass is 35.5. The van der Waals surface area contributed by atoms with Crippen LogP contribution in [0.15, 0.2) is 41.0 Å². The molecule has 0 unspecified atom stereocenters. The maximum absolute atomic E-state index is 13.2. The van der Waals surface area contributed by atoms with Gasteiger partial charge in [0.25, 0.3) is 5.91 Å². The quantitative estimate of drug-likeness (QED) is 0.598. The summed E-state index contributed by atoms with van der Waals surface area (Å²) < 4.78 is 29.8. The molecule has 2 atom stereocenters. The Bertz CT molecular complexity index is 958. The second kappa shape index (κ2) is 9.29. The second-order valence-corrected chi connectivity index (χ2v) is 10.9. The van der Waals surface area contributed by atoms with Crippen molar-refractivity contribution in [3.63, 3.8) is 0 Å². The van der Waals surface area contributed by atoms with Crippen molar-refractivity contribution in [3.8, 4) is 5.75 Å². The van der Waals surface area contributed by atoms with Crippen LogP contribution in [-0.2, 0) is 14.6 Å². The highest BCUT2D eigenvalue weighted by molar-refractivity contribution is 7.91. The molecule has 3 rings (SSSR count). The van der Waals surface area contributed by atoms with E-state index in [1.807, 2.05) is 12.2 Å². The first-order valence-electron chi connectivity index (χ1n) is 9.31. The number of amides is 1. The molecule has 1 amide bonds. The zero-order chi connectivity index (χ0) is 21.2. The number of carbonyl (C=O) groups is 1. The Labute approximate surface area is 186 Å². The second-order valence-electron chi connectivity index (χ2n) is 7.30. The van der Waals surface area contributed by atoms with E-state index >= 15 is 0 Å². The van der Waals surface area contributed by atoms with Crippen molar-refractivity contribution in [2.24, 2.45) is 0 Å². The lowest BCUT2D eigenvalue weighted by Crippen LogP contribution is -2.48. The lowest BCUT2D eigenvalue weighted by atomic mass is 10.0. The van der Waals surface area contributed by atoms with E-state index in [4.69, 9.17) is 39.5 Å². The summed E-state index contributed by atoms with van der Waals surface area (Å²) in [7, 11) is -3.14. The molecular formula is C20H22Cl3NO4S. The number of halogens is 3. The van der Waals surface area contributed by atoms with Crippen LogP contribution in [0, 0.1) is 0 Å². The molecule has 29 heavy (non-hydrogen) atoms. The number of rotatable bonds is 6. The van der Waals surface area contributed by atoms with Gasteiger partial charge < -0.3 is 9.64 Å². The van der Waals surface area contributed by atoms with Crippen molar-refractivity contribution in [2.45, 2.75) is 38.3 Å². The fraction of sp³-hybridized carbons (Fsp3) is 0.450. The van der Waals surface area contributed by atoms with Crippen molar-refractivity contribution in [2.75, 3.05) is 18.1 Å². The summed E-state index contributed by atoms with van der Waals surface area (Å²) in [6.45, 7) is 1.98. The van der Waals surface area contributed by atoms with E-state index in [-0.39, 0.29) is 23.5 Å². The summed E-state index contributed by atoms with van der Waals surface area (Å²) in [4.78, 5) is 14.9. The largest absolute Gasteiger partial charge is 0.479 e. The smallest absolute Gasteiger partial charge is 0.263 e. The fourth-order valence-corrected chi connectivity index (χ4v) is 5.80. The number of hydrogen-bond donors (Lipinski definition) is 0. The fourth-order valence-electron chi connectivity index (χ4n) is 3.46. The molecule has 0 saturated carbocycles. The zero-order valence-corrected chi connectivity index (χ0v) is 19.0. The number of hydrogen-bond acceptors (Lipinski definition) is 4. The van der Waals surface area contributed by atoms with Crippen LogP contribution in [0.3, 0.4) is 0 Å². The van der Waals surface area contributed by atoms with Crippen LogP contribution in [0.1, 0.15) is 26.2 Å². The first-order valence-corrected chi connectivity index (χ1v) is 12.3. The molecule has 1 aromatic rings. The molecule has 1 heterocycles. The number of sulfone groups is 1. The first kappa shape index (κ1) is 22.5. The highest BCUT2D eigenvalue weighted by Crippen LogP contribution is 2.30. The summed E-state index contributed by atoms with van der Waals surface area (Å²) in [5.74, 6) is 0.129. The van der Waals surface area contributed by atoms with Crippen molar-refractivity contribution in [3.05, 3.63) is 51.0 Å². The molecule has 1 aromatic carbocycles. The van der Waals surface area contributed by atoms with Gasteiger partial charge in [-0.2, -0.15) is 0 Å². The number of allylic oxidation sites excluding steroid dienone is 3. The van der Waals surface area contributed by atoms with Gasteiger partial charge in [0.15, 0.2) is 15.9 Å². The zero-order valence-electron chi connectivity index (χ0n) is 15.9. The summed E-state index contributed by atoms with van der Waals surface area (Å²) in [6, 6.07) is 4.40.